The van der Waals surface area contributed by atoms with Gasteiger partial charge in [-0.2, -0.15) is 0 Å². The van der Waals surface area contributed by atoms with E-state index in [0.29, 0.717) is 48.5 Å². The number of carbonyl (C=O) groups is 2. The third kappa shape index (κ3) is 6.12. The van der Waals surface area contributed by atoms with E-state index >= 15 is 4.39 Å². The SMILES string of the molecule is COc1cc(-c2cccc(-c3cccc(NC(=O)c4c[nH]c(=O)n(C)c4=O)c3C)c2C)cc(F)c1CNC[C@H]1CCC(=O)C1. The molecule has 1 saturated carbocycles. The van der Waals surface area contributed by atoms with Crippen LogP contribution in [0.5, 0.6) is 5.75 Å². The Hall–Kier alpha value is -4.83. The minimum atomic E-state index is -0.696. The summed E-state index contributed by atoms with van der Waals surface area (Å²) in [5, 5.41) is 6.08. The van der Waals surface area contributed by atoms with Crippen molar-refractivity contribution in [3.63, 3.8) is 0 Å². The zero-order valence-electron chi connectivity index (χ0n) is 25.2. The lowest BCUT2D eigenvalue weighted by molar-refractivity contribution is -0.117. The molecule has 10 heteroatoms. The maximum Gasteiger partial charge on any atom is 0.328 e. The van der Waals surface area contributed by atoms with Gasteiger partial charge in [-0.3, -0.25) is 19.0 Å². The predicted molar refractivity (Wildman–Crippen MR) is 168 cm³/mol. The first-order valence-corrected chi connectivity index (χ1v) is 14.5. The number of hydrogen-bond acceptors (Lipinski definition) is 6. The molecular formula is C34H35FN4O5. The number of aromatic amines is 1. The number of halogens is 1. The molecule has 9 nitrogen and oxygen atoms in total. The number of H-pyrrole nitrogens is 1. The molecule has 0 saturated heterocycles. The quantitative estimate of drug-likeness (QED) is 0.252. The Balaban J connectivity index is 1.42. The van der Waals surface area contributed by atoms with Crippen LogP contribution in [0, 0.1) is 25.6 Å². The van der Waals surface area contributed by atoms with Gasteiger partial charge in [0.1, 0.15) is 22.9 Å². The molecule has 0 aliphatic heterocycles. The number of ketones is 1. The minimum Gasteiger partial charge on any atom is -0.496 e. The number of Topliss-reactive ketones (excluding diaryl/α,β-unsaturated/α-hetero) is 1. The van der Waals surface area contributed by atoms with Crippen molar-refractivity contribution in [2.75, 3.05) is 19.0 Å². The van der Waals surface area contributed by atoms with E-state index in [4.69, 9.17) is 4.74 Å². The largest absolute Gasteiger partial charge is 0.496 e. The molecule has 44 heavy (non-hydrogen) atoms. The lowest BCUT2D eigenvalue weighted by atomic mass is 9.90. The van der Waals surface area contributed by atoms with E-state index in [9.17, 15) is 19.2 Å². The number of nitrogens with zero attached hydrogens (tertiary/aromatic N) is 1. The molecule has 228 valence electrons. The van der Waals surface area contributed by atoms with Crippen molar-refractivity contribution in [2.45, 2.75) is 39.7 Å². The van der Waals surface area contributed by atoms with E-state index in [1.54, 1.807) is 12.1 Å². The van der Waals surface area contributed by atoms with E-state index in [0.717, 1.165) is 45.0 Å². The van der Waals surface area contributed by atoms with E-state index < -0.39 is 17.2 Å². The van der Waals surface area contributed by atoms with Gasteiger partial charge < -0.3 is 20.4 Å². The highest BCUT2D eigenvalue weighted by Gasteiger charge is 2.22. The molecule has 3 N–H and O–H groups in total. The Morgan fingerprint density at radius 1 is 1.05 bits per heavy atom. The number of anilines is 1. The molecule has 0 unspecified atom stereocenters. The fraction of sp³-hybridized carbons (Fsp3) is 0.294. The highest BCUT2D eigenvalue weighted by atomic mass is 19.1. The number of nitrogens with one attached hydrogen (secondary N) is 3. The Kier molecular flexibility index (Phi) is 8.91. The predicted octanol–water partition coefficient (Wildman–Crippen LogP) is 4.88. The number of carbonyl (C=O) groups excluding carboxylic acids is 2. The molecule has 3 aromatic carbocycles. The number of ether oxygens (including phenoxy) is 1. The zero-order valence-corrected chi connectivity index (χ0v) is 25.2. The summed E-state index contributed by atoms with van der Waals surface area (Å²) in [6, 6.07) is 14.6. The van der Waals surface area contributed by atoms with Crippen LogP contribution in [0.4, 0.5) is 10.1 Å². The average molecular weight is 599 g/mol. The molecule has 0 bridgehead atoms. The summed E-state index contributed by atoms with van der Waals surface area (Å²) in [6.45, 7) is 4.77. The van der Waals surface area contributed by atoms with Gasteiger partial charge in [0.25, 0.3) is 11.5 Å². The molecule has 1 aliphatic rings. The summed E-state index contributed by atoms with van der Waals surface area (Å²) in [4.78, 5) is 51.1. The van der Waals surface area contributed by atoms with E-state index in [2.05, 4.69) is 15.6 Å². The number of amides is 1. The average Bonchev–Trinajstić information content (AvgIpc) is 3.42. The number of benzene rings is 3. The van der Waals surface area contributed by atoms with Crippen LogP contribution in [0.2, 0.25) is 0 Å². The maximum absolute atomic E-state index is 15.5. The van der Waals surface area contributed by atoms with Crippen LogP contribution in [0.25, 0.3) is 22.3 Å². The number of hydrogen-bond donors (Lipinski definition) is 3. The summed E-state index contributed by atoms with van der Waals surface area (Å²) in [6.07, 6.45) is 3.17. The summed E-state index contributed by atoms with van der Waals surface area (Å²) in [5.74, 6) is -0.0104. The van der Waals surface area contributed by atoms with Gasteiger partial charge in [0.2, 0.25) is 0 Å². The third-order valence-electron chi connectivity index (χ3n) is 8.40. The second-order valence-electron chi connectivity index (χ2n) is 11.2. The number of aromatic nitrogens is 2. The molecule has 1 fully saturated rings. The molecule has 5 rings (SSSR count). The molecule has 0 radical (unpaired) electrons. The maximum atomic E-state index is 15.5. The highest BCUT2D eigenvalue weighted by molar-refractivity contribution is 6.04. The Morgan fingerprint density at radius 2 is 1.75 bits per heavy atom. The van der Waals surface area contributed by atoms with Crippen LogP contribution in [0.15, 0.2) is 64.3 Å². The van der Waals surface area contributed by atoms with Crippen LogP contribution in [-0.4, -0.2) is 34.9 Å². The zero-order chi connectivity index (χ0) is 31.5. The van der Waals surface area contributed by atoms with Crippen LogP contribution in [0.1, 0.15) is 46.3 Å². The first-order chi connectivity index (χ1) is 21.1. The second-order valence-corrected chi connectivity index (χ2v) is 11.2. The lowest BCUT2D eigenvalue weighted by Crippen LogP contribution is -2.37. The third-order valence-corrected chi connectivity index (χ3v) is 8.40. The Morgan fingerprint density at radius 3 is 2.45 bits per heavy atom. The van der Waals surface area contributed by atoms with Crippen molar-refractivity contribution in [1.82, 2.24) is 14.9 Å². The monoisotopic (exact) mass is 598 g/mol. The summed E-state index contributed by atoms with van der Waals surface area (Å²) < 4.78 is 21.9. The first-order valence-electron chi connectivity index (χ1n) is 14.5. The lowest BCUT2D eigenvalue weighted by Gasteiger charge is -2.18. The van der Waals surface area contributed by atoms with E-state index in [1.165, 1.54) is 20.2 Å². The van der Waals surface area contributed by atoms with Gasteiger partial charge in [0.05, 0.1) is 7.11 Å². The van der Waals surface area contributed by atoms with Crippen LogP contribution in [-0.2, 0) is 18.4 Å². The van der Waals surface area contributed by atoms with Gasteiger partial charge in [0, 0.05) is 43.9 Å². The molecule has 0 spiro atoms. The molecule has 4 aromatic rings. The molecule has 1 heterocycles. The van der Waals surface area contributed by atoms with E-state index in [-0.39, 0.29) is 23.1 Å². The van der Waals surface area contributed by atoms with Gasteiger partial charge >= 0.3 is 5.69 Å². The summed E-state index contributed by atoms with van der Waals surface area (Å²) >= 11 is 0. The molecule has 1 aromatic heterocycles. The smallest absolute Gasteiger partial charge is 0.328 e. The van der Waals surface area contributed by atoms with Crippen molar-refractivity contribution in [3.8, 4) is 28.0 Å². The Bertz CT molecular complexity index is 1880. The molecule has 1 atom stereocenters. The van der Waals surface area contributed by atoms with Crippen molar-refractivity contribution >= 4 is 17.4 Å². The van der Waals surface area contributed by atoms with Crippen LogP contribution in [0.3, 0.4) is 0 Å². The Labute approximate surface area is 254 Å². The van der Waals surface area contributed by atoms with E-state index in [1.807, 2.05) is 44.2 Å². The van der Waals surface area contributed by atoms with Gasteiger partial charge in [-0.25, -0.2) is 9.18 Å². The van der Waals surface area contributed by atoms with Gasteiger partial charge in [-0.15, -0.1) is 0 Å². The number of methoxy groups -OCH3 is 1. The van der Waals surface area contributed by atoms with Crippen LogP contribution >= 0.6 is 0 Å². The second kappa shape index (κ2) is 12.8. The van der Waals surface area contributed by atoms with Crippen molar-refractivity contribution in [3.05, 3.63) is 104 Å². The normalized spacial score (nSPS) is 14.6. The molecule has 1 aliphatic carbocycles. The fourth-order valence-electron chi connectivity index (χ4n) is 5.81. The summed E-state index contributed by atoms with van der Waals surface area (Å²) in [5.41, 5.74) is 4.39. The van der Waals surface area contributed by atoms with Crippen LogP contribution < -0.4 is 26.6 Å². The standard InChI is InChI=1S/C34H35FN4O5/c1-19-24(22-14-29(35)27(31(15-22)44-4)17-36-16-21-11-12-23(40)13-21)7-5-8-25(19)26-9-6-10-30(20(26)2)38-32(41)28-18-37-34(43)39(3)33(28)42/h5-10,14-15,18,21,36H,11-13,16-17H2,1-4H3,(H,37,43)(H,38,41)/t21-/m0/s1. The minimum absolute atomic E-state index is 0.182. The highest BCUT2D eigenvalue weighted by Crippen LogP contribution is 2.37. The van der Waals surface area contributed by atoms with Crippen molar-refractivity contribution in [2.24, 2.45) is 13.0 Å². The van der Waals surface area contributed by atoms with Crippen molar-refractivity contribution < 1.29 is 18.7 Å². The topological polar surface area (TPSA) is 122 Å². The van der Waals surface area contributed by atoms with Crippen molar-refractivity contribution in [1.29, 1.82) is 0 Å². The van der Waals surface area contributed by atoms with Gasteiger partial charge in [-0.1, -0.05) is 30.3 Å². The molecule has 1 amide bonds. The van der Waals surface area contributed by atoms with Gasteiger partial charge in [-0.05, 0) is 84.3 Å². The molecular weight excluding hydrogens is 563 g/mol. The fourth-order valence-corrected chi connectivity index (χ4v) is 5.81. The van der Waals surface area contributed by atoms with Gasteiger partial charge in [0.15, 0.2) is 0 Å². The first kappa shape index (κ1) is 30.6. The summed E-state index contributed by atoms with van der Waals surface area (Å²) in [7, 11) is 2.82. The number of rotatable bonds is 9.